The fourth-order valence-electron chi connectivity index (χ4n) is 1.85. The van der Waals surface area contributed by atoms with Crippen LogP contribution in [0.5, 0.6) is 0 Å². The third kappa shape index (κ3) is 2.68. The molecular weight excluding hydrogens is 223 g/mol. The van der Waals surface area contributed by atoms with Crippen molar-refractivity contribution in [2.45, 2.75) is 18.9 Å². The number of halogens is 1. The van der Waals surface area contributed by atoms with E-state index < -0.39 is 5.60 Å². The van der Waals surface area contributed by atoms with Crippen LogP contribution in [0.25, 0.3) is 0 Å². The first-order chi connectivity index (χ1) is 8.00. The van der Waals surface area contributed by atoms with Crippen LogP contribution in [0.15, 0.2) is 12.1 Å². The molecule has 2 rings (SSSR count). The number of hydrogen-bond acceptors (Lipinski definition) is 4. The van der Waals surface area contributed by atoms with Crippen molar-refractivity contribution in [2.75, 3.05) is 30.8 Å². The first kappa shape index (κ1) is 12.1. The van der Waals surface area contributed by atoms with E-state index in [4.69, 9.17) is 10.5 Å². The van der Waals surface area contributed by atoms with Gasteiger partial charge in [-0.05, 0) is 24.6 Å². The van der Waals surface area contributed by atoms with Crippen molar-refractivity contribution in [1.29, 1.82) is 0 Å². The number of aliphatic hydroxyl groups is 1. The van der Waals surface area contributed by atoms with Gasteiger partial charge in [-0.3, -0.25) is 0 Å². The number of benzene rings is 1. The van der Waals surface area contributed by atoms with Gasteiger partial charge >= 0.3 is 0 Å². The Labute approximate surface area is 99.6 Å². The van der Waals surface area contributed by atoms with Gasteiger partial charge in [0.25, 0.3) is 0 Å². The van der Waals surface area contributed by atoms with E-state index in [2.05, 4.69) is 5.32 Å². The molecular formula is C12H17FN2O2. The van der Waals surface area contributed by atoms with E-state index in [-0.39, 0.29) is 5.82 Å². The number of nitrogens with two attached hydrogens (primary N) is 1. The third-order valence-corrected chi connectivity index (χ3v) is 3.02. The summed E-state index contributed by atoms with van der Waals surface area (Å²) < 4.78 is 18.3. The molecule has 1 fully saturated rings. The molecule has 1 atom stereocenters. The van der Waals surface area contributed by atoms with Crippen molar-refractivity contribution in [3.8, 4) is 0 Å². The molecule has 0 saturated carbocycles. The van der Waals surface area contributed by atoms with Gasteiger partial charge in [0.15, 0.2) is 0 Å². The number of nitrogens with one attached hydrogen (secondary N) is 1. The number of nitrogen functional groups attached to an aromatic ring is 1. The molecule has 4 nitrogen and oxygen atoms in total. The highest BCUT2D eigenvalue weighted by Crippen LogP contribution is 2.25. The van der Waals surface area contributed by atoms with Gasteiger partial charge in [-0.2, -0.15) is 0 Å². The maximum absolute atomic E-state index is 13.2. The van der Waals surface area contributed by atoms with Gasteiger partial charge in [0.05, 0.1) is 18.0 Å². The molecule has 94 valence electrons. The zero-order valence-corrected chi connectivity index (χ0v) is 9.79. The molecule has 0 radical (unpaired) electrons. The minimum Gasteiger partial charge on any atom is -0.397 e. The monoisotopic (exact) mass is 240 g/mol. The molecule has 0 aliphatic carbocycles. The molecule has 1 aromatic rings. The lowest BCUT2D eigenvalue weighted by Crippen LogP contribution is -2.37. The van der Waals surface area contributed by atoms with Crippen LogP contribution in [0.4, 0.5) is 15.8 Å². The van der Waals surface area contributed by atoms with Crippen molar-refractivity contribution in [2.24, 2.45) is 0 Å². The van der Waals surface area contributed by atoms with Crippen LogP contribution in [0.3, 0.4) is 0 Å². The van der Waals surface area contributed by atoms with Crippen LogP contribution in [-0.2, 0) is 4.74 Å². The Morgan fingerprint density at radius 1 is 1.59 bits per heavy atom. The molecule has 17 heavy (non-hydrogen) atoms. The lowest BCUT2D eigenvalue weighted by molar-refractivity contribution is 0.0382. The van der Waals surface area contributed by atoms with E-state index in [0.717, 1.165) is 0 Å². The summed E-state index contributed by atoms with van der Waals surface area (Å²) in [5.74, 6) is -0.323. The van der Waals surface area contributed by atoms with Crippen LogP contribution in [0.2, 0.25) is 0 Å². The normalized spacial score (nSPS) is 23.9. The lowest BCUT2D eigenvalue weighted by atomic mass is 10.0. The molecule has 4 N–H and O–H groups in total. The first-order valence-electron chi connectivity index (χ1n) is 5.60. The summed E-state index contributed by atoms with van der Waals surface area (Å²) in [7, 11) is 0. The Morgan fingerprint density at radius 2 is 2.35 bits per heavy atom. The maximum Gasteiger partial charge on any atom is 0.128 e. The highest BCUT2D eigenvalue weighted by atomic mass is 19.1. The quantitative estimate of drug-likeness (QED) is 0.696. The fraction of sp³-hybridized carbons (Fsp3) is 0.500. The molecule has 0 spiro atoms. The van der Waals surface area contributed by atoms with Crippen molar-refractivity contribution in [3.63, 3.8) is 0 Å². The summed E-state index contributed by atoms with van der Waals surface area (Å²) in [5.41, 5.74) is 6.36. The zero-order valence-electron chi connectivity index (χ0n) is 9.79. The predicted octanol–water partition coefficient (Wildman–Crippen LogP) is 1.28. The lowest BCUT2D eigenvalue weighted by Gasteiger charge is -2.22. The van der Waals surface area contributed by atoms with Gasteiger partial charge < -0.3 is 20.9 Å². The Morgan fingerprint density at radius 3 is 3.00 bits per heavy atom. The topological polar surface area (TPSA) is 67.5 Å². The van der Waals surface area contributed by atoms with Crippen molar-refractivity contribution < 1.29 is 14.2 Å². The number of rotatable bonds is 3. The number of anilines is 2. The Kier molecular flexibility index (Phi) is 3.22. The summed E-state index contributed by atoms with van der Waals surface area (Å²) in [5, 5.41) is 13.1. The molecule has 0 bridgehead atoms. The second-order valence-electron chi connectivity index (χ2n) is 4.57. The van der Waals surface area contributed by atoms with Crippen LogP contribution < -0.4 is 11.1 Å². The van der Waals surface area contributed by atoms with Gasteiger partial charge in [0.1, 0.15) is 11.4 Å². The van der Waals surface area contributed by atoms with Crippen LogP contribution in [0.1, 0.15) is 12.0 Å². The minimum absolute atomic E-state index is 0.320. The molecule has 5 heteroatoms. The van der Waals surface area contributed by atoms with E-state index in [0.29, 0.717) is 43.1 Å². The van der Waals surface area contributed by atoms with E-state index in [1.165, 1.54) is 6.07 Å². The van der Waals surface area contributed by atoms with Gasteiger partial charge in [-0.25, -0.2) is 4.39 Å². The van der Waals surface area contributed by atoms with Crippen molar-refractivity contribution >= 4 is 11.4 Å². The van der Waals surface area contributed by atoms with Gasteiger partial charge in [-0.15, -0.1) is 0 Å². The average molecular weight is 240 g/mol. The first-order valence-corrected chi connectivity index (χ1v) is 5.60. The average Bonchev–Trinajstić information content (AvgIpc) is 2.69. The number of aryl methyl sites for hydroxylation is 1. The smallest absolute Gasteiger partial charge is 0.128 e. The molecule has 1 aromatic carbocycles. The van der Waals surface area contributed by atoms with Crippen molar-refractivity contribution in [3.05, 3.63) is 23.5 Å². The van der Waals surface area contributed by atoms with Crippen LogP contribution in [0, 0.1) is 12.7 Å². The SMILES string of the molecule is Cc1cc(NCC2(O)CCOC2)c(N)cc1F. The zero-order chi connectivity index (χ0) is 12.5. The highest BCUT2D eigenvalue weighted by Gasteiger charge is 2.32. The standard InChI is InChI=1S/C12H17FN2O2/c1-8-4-11(10(14)5-9(8)13)15-6-12(16)2-3-17-7-12/h4-5,15-16H,2-3,6-7,14H2,1H3. The summed E-state index contributed by atoms with van der Waals surface area (Å²) in [4.78, 5) is 0. The summed E-state index contributed by atoms with van der Waals surface area (Å²) in [6, 6.07) is 2.93. The van der Waals surface area contributed by atoms with E-state index in [1.54, 1.807) is 13.0 Å². The Bertz CT molecular complexity index is 417. The second-order valence-corrected chi connectivity index (χ2v) is 4.57. The predicted molar refractivity (Wildman–Crippen MR) is 64.4 cm³/mol. The van der Waals surface area contributed by atoms with Crippen molar-refractivity contribution in [1.82, 2.24) is 0 Å². The number of hydrogen-bond donors (Lipinski definition) is 3. The van der Waals surface area contributed by atoms with Crippen LogP contribution in [-0.4, -0.2) is 30.5 Å². The highest BCUT2D eigenvalue weighted by molar-refractivity contribution is 5.67. The minimum atomic E-state index is -0.852. The summed E-state index contributed by atoms with van der Waals surface area (Å²) in [6.45, 7) is 2.91. The van der Waals surface area contributed by atoms with E-state index in [1.807, 2.05) is 0 Å². The molecule has 0 aromatic heterocycles. The molecule has 1 saturated heterocycles. The largest absolute Gasteiger partial charge is 0.397 e. The second kappa shape index (κ2) is 4.50. The van der Waals surface area contributed by atoms with E-state index >= 15 is 0 Å². The summed E-state index contributed by atoms with van der Waals surface area (Å²) in [6.07, 6.45) is 0.597. The molecule has 1 heterocycles. The molecule has 1 aliphatic rings. The van der Waals surface area contributed by atoms with Gasteiger partial charge in [0.2, 0.25) is 0 Å². The fourth-order valence-corrected chi connectivity index (χ4v) is 1.85. The van der Waals surface area contributed by atoms with Gasteiger partial charge in [0, 0.05) is 19.6 Å². The molecule has 0 amide bonds. The molecule has 1 unspecified atom stereocenters. The Hall–Kier alpha value is -1.33. The molecule has 1 aliphatic heterocycles. The van der Waals surface area contributed by atoms with E-state index in [9.17, 15) is 9.50 Å². The number of ether oxygens (including phenoxy) is 1. The Balaban J connectivity index is 2.06. The van der Waals surface area contributed by atoms with Gasteiger partial charge in [-0.1, -0.05) is 0 Å². The summed E-state index contributed by atoms with van der Waals surface area (Å²) >= 11 is 0. The maximum atomic E-state index is 13.2. The third-order valence-electron chi connectivity index (χ3n) is 3.02. The van der Waals surface area contributed by atoms with Crippen LogP contribution >= 0.6 is 0 Å².